The summed E-state index contributed by atoms with van der Waals surface area (Å²) in [4.78, 5) is 13.1. The largest absolute Gasteiger partial charge is 0.476 e. The molecule has 0 fully saturated rings. The third kappa shape index (κ3) is 4.31. The third-order valence-corrected chi connectivity index (χ3v) is 7.53. The maximum atomic E-state index is 13.5. The maximum Gasteiger partial charge on any atom is 0.267 e. The summed E-state index contributed by atoms with van der Waals surface area (Å²) in [7, 11) is -3.91. The first kappa shape index (κ1) is 22.2. The number of amides is 1. The summed E-state index contributed by atoms with van der Waals surface area (Å²) in [6, 6.07) is 17.1. The van der Waals surface area contributed by atoms with Gasteiger partial charge in [-0.05, 0) is 68.3 Å². The highest BCUT2D eigenvalue weighted by Crippen LogP contribution is 2.38. The lowest BCUT2D eigenvalue weighted by atomic mass is 10.1. The normalized spacial score (nSPS) is 15.6. The molecule has 0 saturated heterocycles. The van der Waals surface area contributed by atoms with Gasteiger partial charge in [-0.2, -0.15) is 0 Å². The summed E-state index contributed by atoms with van der Waals surface area (Å²) in [6.45, 7) is 5.47. The van der Waals surface area contributed by atoms with E-state index >= 15 is 0 Å². The quantitative estimate of drug-likeness (QED) is 0.590. The van der Waals surface area contributed by atoms with Crippen molar-refractivity contribution in [2.45, 2.75) is 31.8 Å². The predicted octanol–water partition coefficient (Wildman–Crippen LogP) is 4.86. The molecule has 1 aliphatic heterocycles. The van der Waals surface area contributed by atoms with E-state index in [1.165, 1.54) is 4.31 Å². The van der Waals surface area contributed by atoms with Crippen LogP contribution < -0.4 is 14.4 Å². The minimum atomic E-state index is -3.91. The molecule has 8 heteroatoms. The molecule has 1 heterocycles. The highest BCUT2D eigenvalue weighted by Gasteiger charge is 2.37. The van der Waals surface area contributed by atoms with E-state index in [-0.39, 0.29) is 11.4 Å². The zero-order valence-electron chi connectivity index (χ0n) is 17.9. The summed E-state index contributed by atoms with van der Waals surface area (Å²) in [5, 5.41) is 3.30. The zero-order chi connectivity index (χ0) is 23.0. The van der Waals surface area contributed by atoms with Crippen LogP contribution in [0.4, 0.5) is 11.4 Å². The summed E-state index contributed by atoms with van der Waals surface area (Å²) in [5.74, 6) is -0.125. The van der Waals surface area contributed by atoms with Gasteiger partial charge < -0.3 is 10.1 Å². The first-order valence-electron chi connectivity index (χ1n) is 10.1. The van der Waals surface area contributed by atoms with Gasteiger partial charge in [-0.15, -0.1) is 0 Å². The summed E-state index contributed by atoms with van der Waals surface area (Å²) in [5.41, 5.74) is 3.65. The number of rotatable bonds is 4. The van der Waals surface area contributed by atoms with E-state index in [9.17, 15) is 13.2 Å². The van der Waals surface area contributed by atoms with Gasteiger partial charge in [0.15, 0.2) is 6.10 Å². The highest BCUT2D eigenvalue weighted by molar-refractivity contribution is 7.92. The first-order chi connectivity index (χ1) is 15.1. The van der Waals surface area contributed by atoms with E-state index in [1.54, 1.807) is 54.6 Å². The van der Waals surface area contributed by atoms with Gasteiger partial charge in [0.05, 0.1) is 17.1 Å². The summed E-state index contributed by atoms with van der Waals surface area (Å²) in [6.07, 6.45) is -1.04. The first-order valence-corrected chi connectivity index (χ1v) is 11.9. The Balaban J connectivity index is 1.69. The number of fused-ring (bicyclic) bond motifs is 1. The standard InChI is InChI=1S/C24H23ClN2O4S/c1-15-4-9-19(10-5-15)32(29,30)27-14-23(31-22-11-6-16(2)12-21(22)27)24(28)26-18-8-7-17(3)20(25)13-18/h4-13,23H,14H2,1-3H3,(H,26,28)/t23-/m0/s1. The Hall–Kier alpha value is -3.03. The number of sulfonamides is 1. The minimum Gasteiger partial charge on any atom is -0.476 e. The summed E-state index contributed by atoms with van der Waals surface area (Å²) >= 11 is 6.16. The second kappa shape index (κ2) is 8.48. The fourth-order valence-corrected chi connectivity index (χ4v) is 5.10. The molecule has 3 aromatic carbocycles. The van der Waals surface area contributed by atoms with Crippen molar-refractivity contribution in [2.24, 2.45) is 0 Å². The molecular formula is C24H23ClN2O4S. The Kier molecular flexibility index (Phi) is 5.88. The van der Waals surface area contributed by atoms with Gasteiger partial charge >= 0.3 is 0 Å². The van der Waals surface area contributed by atoms with Crippen LogP contribution in [-0.2, 0) is 14.8 Å². The van der Waals surface area contributed by atoms with Crippen LogP contribution in [0.5, 0.6) is 5.75 Å². The maximum absolute atomic E-state index is 13.5. The smallest absolute Gasteiger partial charge is 0.267 e. The number of hydrogen-bond acceptors (Lipinski definition) is 4. The minimum absolute atomic E-state index is 0.155. The van der Waals surface area contributed by atoms with E-state index in [1.807, 2.05) is 26.8 Å². The van der Waals surface area contributed by atoms with E-state index in [0.29, 0.717) is 22.1 Å². The number of hydrogen-bond donors (Lipinski definition) is 1. The second-order valence-corrected chi connectivity index (χ2v) is 10.1. The molecule has 0 radical (unpaired) electrons. The molecule has 0 spiro atoms. The van der Waals surface area contributed by atoms with Crippen LogP contribution >= 0.6 is 11.6 Å². The average Bonchev–Trinajstić information content (AvgIpc) is 2.75. The molecular weight excluding hydrogens is 448 g/mol. The predicted molar refractivity (Wildman–Crippen MR) is 126 cm³/mol. The number of ether oxygens (including phenoxy) is 1. The van der Waals surface area contributed by atoms with Gasteiger partial charge in [-0.25, -0.2) is 8.42 Å². The van der Waals surface area contributed by atoms with Crippen LogP contribution in [0.25, 0.3) is 0 Å². The van der Waals surface area contributed by atoms with Crippen LogP contribution in [0, 0.1) is 20.8 Å². The molecule has 32 heavy (non-hydrogen) atoms. The van der Waals surface area contributed by atoms with Gasteiger partial charge in [0.1, 0.15) is 5.75 Å². The van der Waals surface area contributed by atoms with E-state index in [4.69, 9.17) is 16.3 Å². The molecule has 0 aliphatic carbocycles. The topological polar surface area (TPSA) is 75.7 Å². The molecule has 1 aliphatic rings. The van der Waals surface area contributed by atoms with Crippen molar-refractivity contribution >= 4 is 38.9 Å². The molecule has 0 bridgehead atoms. The Morgan fingerprint density at radius 1 is 1.00 bits per heavy atom. The van der Waals surface area contributed by atoms with Gasteiger partial charge in [0, 0.05) is 10.7 Å². The molecule has 1 amide bonds. The monoisotopic (exact) mass is 470 g/mol. The van der Waals surface area contributed by atoms with Crippen molar-refractivity contribution in [1.82, 2.24) is 0 Å². The number of benzene rings is 3. The zero-order valence-corrected chi connectivity index (χ0v) is 19.5. The molecule has 6 nitrogen and oxygen atoms in total. The molecule has 3 aromatic rings. The lowest BCUT2D eigenvalue weighted by Gasteiger charge is -2.35. The van der Waals surface area contributed by atoms with E-state index in [2.05, 4.69) is 5.32 Å². The number of nitrogens with one attached hydrogen (secondary N) is 1. The van der Waals surface area contributed by atoms with Gasteiger partial charge in [-0.3, -0.25) is 9.10 Å². The van der Waals surface area contributed by atoms with Crippen molar-refractivity contribution in [1.29, 1.82) is 0 Å². The summed E-state index contributed by atoms with van der Waals surface area (Å²) < 4.78 is 34.2. The fourth-order valence-electron chi connectivity index (χ4n) is 3.46. The van der Waals surface area contributed by atoms with Crippen molar-refractivity contribution in [2.75, 3.05) is 16.2 Å². The van der Waals surface area contributed by atoms with Crippen LogP contribution in [0.2, 0.25) is 5.02 Å². The van der Waals surface area contributed by atoms with Crippen molar-refractivity contribution in [3.63, 3.8) is 0 Å². The van der Waals surface area contributed by atoms with Crippen molar-refractivity contribution < 1.29 is 17.9 Å². The Morgan fingerprint density at radius 3 is 2.38 bits per heavy atom. The molecule has 166 valence electrons. The molecule has 1 N–H and O–H groups in total. The number of carbonyl (C=O) groups excluding carboxylic acids is 1. The number of halogens is 1. The molecule has 0 aromatic heterocycles. The molecule has 4 rings (SSSR count). The number of anilines is 2. The van der Waals surface area contributed by atoms with Crippen LogP contribution in [-0.4, -0.2) is 27.0 Å². The number of nitrogens with zero attached hydrogens (tertiary/aromatic N) is 1. The Morgan fingerprint density at radius 2 is 1.69 bits per heavy atom. The van der Waals surface area contributed by atoms with Crippen LogP contribution in [0.3, 0.4) is 0 Å². The average molecular weight is 471 g/mol. The Labute approximate surface area is 192 Å². The lowest BCUT2D eigenvalue weighted by Crippen LogP contribution is -2.48. The van der Waals surface area contributed by atoms with Crippen LogP contribution in [0.15, 0.2) is 65.6 Å². The molecule has 0 saturated carbocycles. The highest BCUT2D eigenvalue weighted by atomic mass is 35.5. The van der Waals surface area contributed by atoms with Crippen molar-refractivity contribution in [3.05, 3.63) is 82.4 Å². The Bertz CT molecular complexity index is 1290. The molecule has 0 unspecified atom stereocenters. The SMILES string of the molecule is Cc1ccc(S(=O)(=O)N2C[C@@H](C(=O)Nc3ccc(C)c(Cl)c3)Oc3ccc(C)cc32)cc1. The molecule has 1 atom stereocenters. The van der Waals surface area contributed by atoms with Crippen LogP contribution in [0.1, 0.15) is 16.7 Å². The number of carbonyl (C=O) groups is 1. The number of aryl methyl sites for hydroxylation is 3. The third-order valence-electron chi connectivity index (χ3n) is 5.32. The second-order valence-electron chi connectivity index (χ2n) is 7.88. The fraction of sp³-hybridized carbons (Fsp3) is 0.208. The van der Waals surface area contributed by atoms with Gasteiger partial charge in [0.25, 0.3) is 15.9 Å². The van der Waals surface area contributed by atoms with Gasteiger partial charge in [-0.1, -0.05) is 41.4 Å². The van der Waals surface area contributed by atoms with E-state index in [0.717, 1.165) is 16.7 Å². The van der Waals surface area contributed by atoms with Gasteiger partial charge in [0.2, 0.25) is 0 Å². The van der Waals surface area contributed by atoms with E-state index < -0.39 is 22.0 Å². The lowest BCUT2D eigenvalue weighted by molar-refractivity contribution is -0.122. The van der Waals surface area contributed by atoms with Crippen molar-refractivity contribution in [3.8, 4) is 5.75 Å².